The Morgan fingerprint density at radius 2 is 1.90 bits per heavy atom. The first-order valence-electron chi connectivity index (χ1n) is 6.15. The molecule has 0 saturated heterocycles. The van der Waals surface area contributed by atoms with Crippen LogP contribution in [0.1, 0.15) is 11.1 Å². The minimum absolute atomic E-state index is 0.306. The van der Waals surface area contributed by atoms with Gasteiger partial charge in [0.25, 0.3) is 5.91 Å². The molecule has 2 aromatic rings. The van der Waals surface area contributed by atoms with E-state index < -0.39 is 6.17 Å². The molecule has 0 saturated carbocycles. The summed E-state index contributed by atoms with van der Waals surface area (Å²) in [6.45, 7) is 0. The van der Waals surface area contributed by atoms with E-state index in [1.807, 2.05) is 48.5 Å². The Kier molecular flexibility index (Phi) is 3.38. The number of aliphatic imine (C=N–C) groups is 1. The topological polar surface area (TPSA) is 67.5 Å². The van der Waals surface area contributed by atoms with Crippen molar-refractivity contribution in [1.29, 1.82) is 0 Å². The van der Waals surface area contributed by atoms with Crippen molar-refractivity contribution in [2.75, 3.05) is 5.32 Å². The summed E-state index contributed by atoms with van der Waals surface area (Å²) >= 11 is 3.45. The first-order valence-corrected chi connectivity index (χ1v) is 6.94. The van der Waals surface area contributed by atoms with E-state index in [0.29, 0.717) is 11.4 Å². The second-order valence-electron chi connectivity index (χ2n) is 4.47. The highest BCUT2D eigenvalue weighted by Crippen LogP contribution is 2.26. The fraction of sp³-hybridized carbons (Fsp3) is 0.0667. The molecule has 1 amide bonds. The van der Waals surface area contributed by atoms with Gasteiger partial charge in [-0.2, -0.15) is 0 Å². The van der Waals surface area contributed by atoms with Crippen molar-refractivity contribution in [2.45, 2.75) is 6.17 Å². The third-order valence-corrected chi connectivity index (χ3v) is 3.57. The molecule has 0 aromatic heterocycles. The van der Waals surface area contributed by atoms with Gasteiger partial charge >= 0.3 is 0 Å². The zero-order valence-corrected chi connectivity index (χ0v) is 12.1. The number of nitrogens with two attached hydrogens (primary N) is 1. The highest BCUT2D eigenvalue weighted by atomic mass is 79.9. The predicted molar refractivity (Wildman–Crippen MR) is 82.8 cm³/mol. The minimum atomic E-state index is -0.906. The number of benzodiazepines with no additional fused rings is 1. The summed E-state index contributed by atoms with van der Waals surface area (Å²) in [5, 5.41) is 2.80. The molecule has 0 bridgehead atoms. The number of halogens is 1. The number of carbonyl (C=O) groups is 1. The molecule has 3 N–H and O–H groups in total. The summed E-state index contributed by atoms with van der Waals surface area (Å²) < 4.78 is 0.921. The maximum Gasteiger partial charge on any atom is 0.263 e. The lowest BCUT2D eigenvalue weighted by molar-refractivity contribution is -0.117. The molecule has 1 atom stereocenters. The van der Waals surface area contributed by atoms with E-state index in [1.54, 1.807) is 0 Å². The number of fused-ring (bicyclic) bond motifs is 1. The van der Waals surface area contributed by atoms with E-state index in [1.165, 1.54) is 0 Å². The Bertz CT molecular complexity index is 698. The minimum Gasteiger partial charge on any atom is -0.322 e. The monoisotopic (exact) mass is 329 g/mol. The molecule has 2 aromatic carbocycles. The summed E-state index contributed by atoms with van der Waals surface area (Å²) in [6.07, 6.45) is -0.906. The van der Waals surface area contributed by atoms with Crippen molar-refractivity contribution in [2.24, 2.45) is 10.7 Å². The molecular formula is C15H12BrN3O. The zero-order chi connectivity index (χ0) is 14.1. The van der Waals surface area contributed by atoms with Crippen molar-refractivity contribution < 1.29 is 4.79 Å². The van der Waals surface area contributed by atoms with Gasteiger partial charge in [-0.05, 0) is 18.2 Å². The van der Waals surface area contributed by atoms with Crippen LogP contribution in [0.2, 0.25) is 0 Å². The number of carbonyl (C=O) groups excluding carboxylic acids is 1. The number of rotatable bonds is 1. The molecule has 5 heteroatoms. The van der Waals surface area contributed by atoms with Gasteiger partial charge in [-0.25, -0.2) is 0 Å². The van der Waals surface area contributed by atoms with Crippen LogP contribution in [-0.2, 0) is 4.79 Å². The van der Waals surface area contributed by atoms with Crippen LogP contribution in [0, 0.1) is 0 Å². The third-order valence-electron chi connectivity index (χ3n) is 3.08. The predicted octanol–water partition coefficient (Wildman–Crippen LogP) is 2.52. The first kappa shape index (κ1) is 13.0. The fourth-order valence-electron chi connectivity index (χ4n) is 2.12. The molecule has 1 aliphatic heterocycles. The second kappa shape index (κ2) is 5.19. The molecule has 4 nitrogen and oxygen atoms in total. The fourth-order valence-corrected chi connectivity index (χ4v) is 2.48. The molecule has 0 fully saturated rings. The molecule has 0 aliphatic carbocycles. The molecule has 0 unspecified atom stereocenters. The number of hydrogen-bond donors (Lipinski definition) is 2. The molecule has 20 heavy (non-hydrogen) atoms. The molecule has 100 valence electrons. The van der Waals surface area contributed by atoms with Gasteiger partial charge in [-0.15, -0.1) is 0 Å². The van der Waals surface area contributed by atoms with Crippen LogP contribution < -0.4 is 11.1 Å². The Hall–Kier alpha value is -1.98. The SMILES string of the molecule is N[C@@H]1N=C(c2ccccc2)c2cc(Br)ccc2NC1=O. The lowest BCUT2D eigenvalue weighted by atomic mass is 10.0. The van der Waals surface area contributed by atoms with Gasteiger partial charge in [-0.3, -0.25) is 9.79 Å². The van der Waals surface area contributed by atoms with Gasteiger partial charge in [0.05, 0.1) is 11.4 Å². The summed E-state index contributed by atoms with van der Waals surface area (Å²) in [7, 11) is 0. The number of nitrogens with one attached hydrogen (secondary N) is 1. The van der Waals surface area contributed by atoms with Crippen LogP contribution in [0.4, 0.5) is 5.69 Å². The first-order chi connectivity index (χ1) is 9.65. The summed E-state index contributed by atoms with van der Waals surface area (Å²) in [4.78, 5) is 16.3. The Morgan fingerprint density at radius 3 is 2.65 bits per heavy atom. The van der Waals surface area contributed by atoms with Gasteiger partial charge in [0.2, 0.25) is 0 Å². The van der Waals surface area contributed by atoms with Crippen molar-refractivity contribution in [3.05, 3.63) is 64.1 Å². The Morgan fingerprint density at radius 1 is 1.15 bits per heavy atom. The van der Waals surface area contributed by atoms with Gasteiger partial charge in [-0.1, -0.05) is 46.3 Å². The average Bonchev–Trinajstić information content (AvgIpc) is 2.58. The largest absolute Gasteiger partial charge is 0.322 e. The summed E-state index contributed by atoms with van der Waals surface area (Å²) in [5.74, 6) is -0.306. The van der Waals surface area contributed by atoms with E-state index in [-0.39, 0.29) is 5.91 Å². The van der Waals surface area contributed by atoms with E-state index >= 15 is 0 Å². The summed E-state index contributed by atoms with van der Waals surface area (Å²) in [5.41, 5.74) is 9.03. The number of benzene rings is 2. The molecule has 3 rings (SSSR count). The number of anilines is 1. The van der Waals surface area contributed by atoms with Crippen molar-refractivity contribution >= 4 is 33.2 Å². The smallest absolute Gasteiger partial charge is 0.263 e. The van der Waals surface area contributed by atoms with Crippen LogP contribution in [-0.4, -0.2) is 17.8 Å². The van der Waals surface area contributed by atoms with Crippen molar-refractivity contribution in [3.63, 3.8) is 0 Å². The van der Waals surface area contributed by atoms with Crippen molar-refractivity contribution in [1.82, 2.24) is 0 Å². The maximum absolute atomic E-state index is 11.9. The van der Waals surface area contributed by atoms with Crippen LogP contribution in [0.25, 0.3) is 0 Å². The van der Waals surface area contributed by atoms with E-state index in [0.717, 1.165) is 15.6 Å². The lowest BCUT2D eigenvalue weighted by Crippen LogP contribution is -2.33. The van der Waals surface area contributed by atoms with Crippen LogP contribution >= 0.6 is 15.9 Å². The summed E-state index contributed by atoms with van der Waals surface area (Å²) in [6, 6.07) is 15.3. The van der Waals surface area contributed by atoms with E-state index in [2.05, 4.69) is 26.2 Å². The number of nitrogens with zero attached hydrogens (tertiary/aromatic N) is 1. The van der Waals surface area contributed by atoms with E-state index in [9.17, 15) is 4.79 Å². The van der Waals surface area contributed by atoms with Crippen LogP contribution in [0.15, 0.2) is 58.0 Å². The van der Waals surface area contributed by atoms with Gasteiger partial charge < -0.3 is 11.1 Å². The Labute approximate surface area is 124 Å². The quantitative estimate of drug-likeness (QED) is 0.844. The molecule has 1 heterocycles. The standard InChI is InChI=1S/C15H12BrN3O/c16-10-6-7-12-11(8-10)13(9-4-2-1-3-5-9)19-14(17)15(20)18-12/h1-8,14H,17H2,(H,18,20)/t14-/m1/s1. The third kappa shape index (κ3) is 2.37. The van der Waals surface area contributed by atoms with Crippen LogP contribution in [0.5, 0.6) is 0 Å². The molecular weight excluding hydrogens is 318 g/mol. The van der Waals surface area contributed by atoms with Crippen LogP contribution in [0.3, 0.4) is 0 Å². The highest BCUT2D eigenvalue weighted by Gasteiger charge is 2.23. The van der Waals surface area contributed by atoms with E-state index in [4.69, 9.17) is 5.73 Å². The Balaban J connectivity index is 2.23. The maximum atomic E-state index is 11.9. The number of amides is 1. The zero-order valence-electron chi connectivity index (χ0n) is 10.5. The highest BCUT2D eigenvalue weighted by molar-refractivity contribution is 9.10. The van der Waals surface area contributed by atoms with Crippen molar-refractivity contribution in [3.8, 4) is 0 Å². The molecule has 1 aliphatic rings. The molecule has 0 spiro atoms. The average molecular weight is 330 g/mol. The normalized spacial score (nSPS) is 17.8. The second-order valence-corrected chi connectivity index (χ2v) is 5.38. The molecule has 0 radical (unpaired) electrons. The lowest BCUT2D eigenvalue weighted by Gasteiger charge is -2.10. The number of hydrogen-bond acceptors (Lipinski definition) is 3. The van der Waals surface area contributed by atoms with Gasteiger partial charge in [0, 0.05) is 15.6 Å². The van der Waals surface area contributed by atoms with Gasteiger partial charge in [0.1, 0.15) is 0 Å². The van der Waals surface area contributed by atoms with Gasteiger partial charge in [0.15, 0.2) is 6.17 Å².